The SMILES string of the molecule is COC(=O)COc1c(/C=C2/C(=O)NN(c3ccccc3)C2=O)cc(Cl)cc1OC. The number of ether oxygens (including phenoxy) is 3. The number of benzene rings is 2. The summed E-state index contributed by atoms with van der Waals surface area (Å²) in [4.78, 5) is 36.7. The van der Waals surface area contributed by atoms with Crippen molar-refractivity contribution in [1.29, 1.82) is 0 Å². The second-order valence-electron chi connectivity index (χ2n) is 5.87. The number of esters is 1. The van der Waals surface area contributed by atoms with E-state index in [1.807, 2.05) is 0 Å². The zero-order chi connectivity index (χ0) is 21.0. The summed E-state index contributed by atoms with van der Waals surface area (Å²) in [6, 6.07) is 11.7. The maximum Gasteiger partial charge on any atom is 0.343 e. The molecule has 1 heterocycles. The molecule has 8 nitrogen and oxygen atoms in total. The van der Waals surface area contributed by atoms with Gasteiger partial charge in [0.15, 0.2) is 18.1 Å². The molecule has 0 unspecified atom stereocenters. The molecule has 2 aromatic rings. The summed E-state index contributed by atoms with van der Waals surface area (Å²) < 4.78 is 15.3. The van der Waals surface area contributed by atoms with E-state index in [0.717, 1.165) is 5.01 Å². The van der Waals surface area contributed by atoms with E-state index in [1.165, 1.54) is 32.4 Å². The van der Waals surface area contributed by atoms with Crippen LogP contribution in [0.25, 0.3) is 6.08 Å². The molecule has 0 saturated carbocycles. The lowest BCUT2D eigenvalue weighted by molar-refractivity contribution is -0.143. The van der Waals surface area contributed by atoms with Crippen LogP contribution in [0.5, 0.6) is 11.5 Å². The molecular formula is C20H17ClN2O6. The number of carbonyl (C=O) groups excluding carboxylic acids is 3. The molecule has 0 aromatic heterocycles. The highest BCUT2D eigenvalue weighted by molar-refractivity contribution is 6.32. The molecular weight excluding hydrogens is 400 g/mol. The highest BCUT2D eigenvalue weighted by atomic mass is 35.5. The quantitative estimate of drug-likeness (QED) is 0.441. The Morgan fingerprint density at radius 2 is 1.90 bits per heavy atom. The molecule has 1 saturated heterocycles. The number of nitrogens with zero attached hydrogens (tertiary/aromatic N) is 1. The first-order valence-corrected chi connectivity index (χ1v) is 8.81. The number of amides is 2. The van der Waals surface area contributed by atoms with Crippen molar-refractivity contribution in [2.24, 2.45) is 0 Å². The van der Waals surface area contributed by atoms with E-state index in [-0.39, 0.29) is 23.7 Å². The van der Waals surface area contributed by atoms with Crippen molar-refractivity contribution in [3.63, 3.8) is 0 Å². The first kappa shape index (κ1) is 20.2. The van der Waals surface area contributed by atoms with E-state index in [2.05, 4.69) is 10.2 Å². The van der Waals surface area contributed by atoms with Crippen molar-refractivity contribution >= 4 is 41.1 Å². The Kier molecular flexibility index (Phi) is 6.04. The van der Waals surface area contributed by atoms with Gasteiger partial charge in [0.2, 0.25) is 0 Å². The molecule has 2 amide bonds. The lowest BCUT2D eigenvalue weighted by Gasteiger charge is -2.14. The highest BCUT2D eigenvalue weighted by Gasteiger charge is 2.34. The molecule has 1 fully saturated rings. The van der Waals surface area contributed by atoms with Crippen molar-refractivity contribution in [2.75, 3.05) is 25.8 Å². The molecule has 0 radical (unpaired) electrons. The van der Waals surface area contributed by atoms with Gasteiger partial charge in [-0.05, 0) is 24.3 Å². The van der Waals surface area contributed by atoms with Gasteiger partial charge in [0.05, 0.1) is 19.9 Å². The van der Waals surface area contributed by atoms with E-state index < -0.39 is 17.8 Å². The summed E-state index contributed by atoms with van der Waals surface area (Å²) in [6.45, 7) is -0.388. The van der Waals surface area contributed by atoms with Gasteiger partial charge in [-0.25, -0.2) is 9.80 Å². The predicted octanol–water partition coefficient (Wildman–Crippen LogP) is 2.36. The zero-order valence-corrected chi connectivity index (χ0v) is 16.4. The van der Waals surface area contributed by atoms with Gasteiger partial charge in [-0.3, -0.25) is 15.0 Å². The molecule has 0 spiro atoms. The third-order valence-corrected chi connectivity index (χ3v) is 4.25. The second kappa shape index (κ2) is 8.66. The number of rotatable bonds is 6. The molecule has 1 N–H and O–H groups in total. The largest absolute Gasteiger partial charge is 0.493 e. The maximum absolute atomic E-state index is 12.8. The van der Waals surface area contributed by atoms with Crippen molar-refractivity contribution in [3.05, 3.63) is 58.6 Å². The van der Waals surface area contributed by atoms with E-state index in [4.69, 9.17) is 21.1 Å². The lowest BCUT2D eigenvalue weighted by Crippen LogP contribution is -2.35. The Hall–Kier alpha value is -3.52. The van der Waals surface area contributed by atoms with Crippen LogP contribution in [0.4, 0.5) is 5.69 Å². The average molecular weight is 417 g/mol. The number of nitrogens with one attached hydrogen (secondary N) is 1. The zero-order valence-electron chi connectivity index (χ0n) is 15.6. The highest BCUT2D eigenvalue weighted by Crippen LogP contribution is 2.36. The molecule has 3 rings (SSSR count). The fourth-order valence-electron chi connectivity index (χ4n) is 2.66. The number of hydrogen-bond donors (Lipinski definition) is 1. The molecule has 0 aliphatic carbocycles. The van der Waals surface area contributed by atoms with Crippen molar-refractivity contribution in [2.45, 2.75) is 0 Å². The van der Waals surface area contributed by atoms with Gasteiger partial charge in [0, 0.05) is 16.7 Å². The lowest BCUT2D eigenvalue weighted by atomic mass is 10.1. The minimum atomic E-state index is -0.606. The third-order valence-electron chi connectivity index (χ3n) is 4.04. The van der Waals surface area contributed by atoms with Crippen LogP contribution in [0.1, 0.15) is 5.56 Å². The monoisotopic (exact) mass is 416 g/mol. The molecule has 0 bridgehead atoms. The number of methoxy groups -OCH3 is 2. The first-order chi connectivity index (χ1) is 13.9. The number of carbonyl (C=O) groups is 3. The van der Waals surface area contributed by atoms with E-state index in [9.17, 15) is 14.4 Å². The molecule has 1 aliphatic heterocycles. The number of hydrazine groups is 1. The summed E-state index contributed by atoms with van der Waals surface area (Å²) in [6.07, 6.45) is 1.33. The smallest absolute Gasteiger partial charge is 0.343 e. The molecule has 1 aliphatic rings. The van der Waals surface area contributed by atoms with Gasteiger partial charge in [-0.2, -0.15) is 0 Å². The second-order valence-corrected chi connectivity index (χ2v) is 6.30. The predicted molar refractivity (Wildman–Crippen MR) is 106 cm³/mol. The van der Waals surface area contributed by atoms with Gasteiger partial charge in [0.25, 0.3) is 11.8 Å². The third kappa shape index (κ3) is 4.33. The number of halogens is 1. The molecule has 150 valence electrons. The van der Waals surface area contributed by atoms with Gasteiger partial charge < -0.3 is 14.2 Å². The van der Waals surface area contributed by atoms with Crippen LogP contribution in [-0.2, 0) is 19.1 Å². The Morgan fingerprint density at radius 1 is 1.17 bits per heavy atom. The standard InChI is InChI=1S/C20H17ClN2O6/c1-27-16-10-13(21)8-12(18(16)29-11-17(24)28-2)9-15-19(25)22-23(20(15)26)14-6-4-3-5-7-14/h3-10H,11H2,1-2H3,(H,22,25)/b15-9-. The van der Waals surface area contributed by atoms with E-state index in [0.29, 0.717) is 16.3 Å². The van der Waals surface area contributed by atoms with Crippen LogP contribution in [0.15, 0.2) is 48.0 Å². The van der Waals surface area contributed by atoms with Crippen LogP contribution in [0, 0.1) is 0 Å². The minimum absolute atomic E-state index is 0.124. The van der Waals surface area contributed by atoms with E-state index in [1.54, 1.807) is 30.3 Å². The van der Waals surface area contributed by atoms with Gasteiger partial charge in [-0.15, -0.1) is 0 Å². The van der Waals surface area contributed by atoms with Crippen LogP contribution in [0.2, 0.25) is 5.02 Å². The van der Waals surface area contributed by atoms with Crippen LogP contribution in [-0.4, -0.2) is 38.6 Å². The summed E-state index contributed by atoms with van der Waals surface area (Å²) in [7, 11) is 2.63. The number of anilines is 1. The molecule has 9 heteroatoms. The van der Waals surface area contributed by atoms with Crippen molar-refractivity contribution in [1.82, 2.24) is 5.43 Å². The molecule has 29 heavy (non-hydrogen) atoms. The van der Waals surface area contributed by atoms with Crippen LogP contribution in [0.3, 0.4) is 0 Å². The Morgan fingerprint density at radius 3 is 2.55 bits per heavy atom. The Labute approximate surface area is 171 Å². The average Bonchev–Trinajstić information content (AvgIpc) is 3.01. The Bertz CT molecular complexity index is 990. The topological polar surface area (TPSA) is 94.2 Å². The first-order valence-electron chi connectivity index (χ1n) is 8.44. The summed E-state index contributed by atoms with van der Waals surface area (Å²) >= 11 is 6.12. The fraction of sp³-hybridized carbons (Fsp3) is 0.150. The van der Waals surface area contributed by atoms with Gasteiger partial charge >= 0.3 is 5.97 Å². The van der Waals surface area contributed by atoms with E-state index >= 15 is 0 Å². The maximum atomic E-state index is 12.8. The summed E-state index contributed by atoms with van der Waals surface area (Å²) in [5, 5.41) is 1.44. The summed E-state index contributed by atoms with van der Waals surface area (Å²) in [5.41, 5.74) is 3.20. The fourth-order valence-corrected chi connectivity index (χ4v) is 2.88. The van der Waals surface area contributed by atoms with Gasteiger partial charge in [-0.1, -0.05) is 29.8 Å². The molecule has 0 atom stereocenters. The Balaban J connectivity index is 2.00. The van der Waals surface area contributed by atoms with Crippen LogP contribution >= 0.6 is 11.6 Å². The number of para-hydroxylation sites is 1. The minimum Gasteiger partial charge on any atom is -0.493 e. The van der Waals surface area contributed by atoms with Crippen molar-refractivity contribution in [3.8, 4) is 11.5 Å². The number of hydrogen-bond acceptors (Lipinski definition) is 6. The van der Waals surface area contributed by atoms with Gasteiger partial charge in [0.1, 0.15) is 5.57 Å². The summed E-state index contributed by atoms with van der Waals surface area (Å²) in [5.74, 6) is -1.35. The van der Waals surface area contributed by atoms with Crippen LogP contribution < -0.4 is 19.9 Å². The molecule has 2 aromatic carbocycles. The van der Waals surface area contributed by atoms with Crippen molar-refractivity contribution < 1.29 is 28.6 Å². The normalized spacial score (nSPS) is 14.7.